The second-order valence-electron chi connectivity index (χ2n) is 5.75. The third-order valence-electron chi connectivity index (χ3n) is 3.67. The van der Waals surface area contributed by atoms with Gasteiger partial charge in [0.15, 0.2) is 0 Å². The molecule has 2 amide bonds. The molecule has 0 fully saturated rings. The summed E-state index contributed by atoms with van der Waals surface area (Å²) < 4.78 is 5.02. The Morgan fingerprint density at radius 2 is 1.46 bits per heavy atom. The van der Waals surface area contributed by atoms with Crippen molar-refractivity contribution in [2.75, 3.05) is 13.1 Å². The molecule has 0 atom stereocenters. The summed E-state index contributed by atoms with van der Waals surface area (Å²) in [5, 5.41) is 14.2. The first-order chi connectivity index (χ1) is 13.5. The maximum absolute atomic E-state index is 11.8. The molecule has 0 saturated heterocycles. The van der Waals surface area contributed by atoms with Crippen molar-refractivity contribution in [3.8, 4) is 5.75 Å². The summed E-state index contributed by atoms with van der Waals surface area (Å²) in [4.78, 5) is 46.5. The van der Waals surface area contributed by atoms with Crippen LogP contribution in [0, 0.1) is 0 Å². The third-order valence-corrected chi connectivity index (χ3v) is 3.67. The first-order valence-corrected chi connectivity index (χ1v) is 8.60. The Kier molecular flexibility index (Phi) is 7.71. The topological polar surface area (TPSA) is 122 Å². The number of ether oxygens (including phenoxy) is 1. The summed E-state index contributed by atoms with van der Waals surface area (Å²) in [6, 6.07) is 14.4. The molecule has 0 radical (unpaired) electrons. The Balaban J connectivity index is 1.66. The Hall–Kier alpha value is -3.68. The largest absolute Gasteiger partial charge is 0.478 e. The highest BCUT2D eigenvalue weighted by Gasteiger charge is 2.14. The molecule has 0 aromatic heterocycles. The number of hydrogen-bond acceptors (Lipinski definition) is 5. The van der Waals surface area contributed by atoms with E-state index in [9.17, 15) is 19.2 Å². The molecule has 146 valence electrons. The molecule has 0 aliphatic carbocycles. The average Bonchev–Trinajstić information content (AvgIpc) is 2.68. The van der Waals surface area contributed by atoms with Crippen LogP contribution in [0.1, 0.15) is 33.6 Å². The average molecular weight is 384 g/mol. The van der Waals surface area contributed by atoms with Gasteiger partial charge in [-0.1, -0.05) is 30.3 Å². The van der Waals surface area contributed by atoms with E-state index >= 15 is 0 Å². The summed E-state index contributed by atoms with van der Waals surface area (Å²) >= 11 is 0. The number of nitrogens with one attached hydrogen (secondary N) is 2. The van der Waals surface area contributed by atoms with Crippen molar-refractivity contribution in [3.63, 3.8) is 0 Å². The lowest BCUT2D eigenvalue weighted by Gasteiger charge is -2.08. The van der Waals surface area contributed by atoms with Gasteiger partial charge in [0.25, 0.3) is 5.91 Å². The zero-order valence-electron chi connectivity index (χ0n) is 15.0. The molecule has 2 aromatic rings. The van der Waals surface area contributed by atoms with Crippen molar-refractivity contribution in [1.29, 1.82) is 0 Å². The molecule has 0 bridgehead atoms. The summed E-state index contributed by atoms with van der Waals surface area (Å²) in [7, 11) is 0. The number of amides is 2. The number of carbonyl (C=O) groups is 4. The van der Waals surface area contributed by atoms with E-state index in [0.29, 0.717) is 5.56 Å². The Labute approximate surface area is 161 Å². The van der Waals surface area contributed by atoms with Crippen molar-refractivity contribution in [2.24, 2.45) is 0 Å². The van der Waals surface area contributed by atoms with Gasteiger partial charge in [0, 0.05) is 25.1 Å². The van der Waals surface area contributed by atoms with Crippen LogP contribution in [0.3, 0.4) is 0 Å². The molecule has 0 spiro atoms. The van der Waals surface area contributed by atoms with E-state index in [2.05, 4.69) is 10.6 Å². The number of para-hydroxylation sites is 1. The van der Waals surface area contributed by atoms with Gasteiger partial charge < -0.3 is 20.5 Å². The van der Waals surface area contributed by atoms with Crippen LogP contribution in [0.4, 0.5) is 0 Å². The molecule has 8 nitrogen and oxygen atoms in total. The van der Waals surface area contributed by atoms with Crippen molar-refractivity contribution in [3.05, 3.63) is 65.7 Å². The summed E-state index contributed by atoms with van der Waals surface area (Å²) in [6.45, 7) is 0.204. The van der Waals surface area contributed by atoms with Gasteiger partial charge >= 0.3 is 11.9 Å². The minimum Gasteiger partial charge on any atom is -0.478 e. The van der Waals surface area contributed by atoms with Crippen LogP contribution in [0.5, 0.6) is 5.75 Å². The number of carboxylic acids is 1. The minimum absolute atomic E-state index is 0.0412. The van der Waals surface area contributed by atoms with Gasteiger partial charge in [-0.3, -0.25) is 14.4 Å². The Morgan fingerprint density at radius 1 is 0.821 bits per heavy atom. The van der Waals surface area contributed by atoms with Crippen LogP contribution < -0.4 is 15.4 Å². The molecule has 2 rings (SSSR count). The van der Waals surface area contributed by atoms with Crippen LogP contribution >= 0.6 is 0 Å². The van der Waals surface area contributed by atoms with Crippen molar-refractivity contribution in [1.82, 2.24) is 10.6 Å². The fourth-order valence-electron chi connectivity index (χ4n) is 2.28. The number of carbonyl (C=O) groups excluding carboxylic acids is 3. The van der Waals surface area contributed by atoms with E-state index in [4.69, 9.17) is 9.84 Å². The number of benzene rings is 2. The first kappa shape index (κ1) is 20.6. The fourth-order valence-corrected chi connectivity index (χ4v) is 2.28. The molecule has 0 saturated carbocycles. The van der Waals surface area contributed by atoms with Gasteiger partial charge in [-0.15, -0.1) is 0 Å². The van der Waals surface area contributed by atoms with E-state index in [1.165, 1.54) is 18.2 Å². The summed E-state index contributed by atoms with van der Waals surface area (Å²) in [5.41, 5.74) is 0.390. The van der Waals surface area contributed by atoms with Crippen molar-refractivity contribution >= 4 is 23.8 Å². The lowest BCUT2D eigenvalue weighted by Crippen LogP contribution is -2.32. The molecular weight excluding hydrogens is 364 g/mol. The van der Waals surface area contributed by atoms with Gasteiger partial charge in [0.05, 0.1) is 6.42 Å². The SMILES string of the molecule is O=C(CCNC(=O)c1ccccc1)NCCC(=O)Oc1ccccc1C(=O)O. The van der Waals surface area contributed by atoms with Crippen LogP contribution in [0.25, 0.3) is 0 Å². The zero-order chi connectivity index (χ0) is 20.4. The van der Waals surface area contributed by atoms with Crippen LogP contribution in [0.15, 0.2) is 54.6 Å². The van der Waals surface area contributed by atoms with Gasteiger partial charge in [0.1, 0.15) is 11.3 Å². The van der Waals surface area contributed by atoms with E-state index in [1.54, 1.807) is 36.4 Å². The monoisotopic (exact) mass is 384 g/mol. The molecule has 8 heteroatoms. The fraction of sp³-hybridized carbons (Fsp3) is 0.200. The van der Waals surface area contributed by atoms with E-state index < -0.39 is 11.9 Å². The maximum atomic E-state index is 11.8. The van der Waals surface area contributed by atoms with E-state index in [1.807, 2.05) is 0 Å². The molecule has 0 unspecified atom stereocenters. The second kappa shape index (κ2) is 10.5. The quantitative estimate of drug-likeness (QED) is 0.446. The third kappa shape index (κ3) is 6.56. The summed E-state index contributed by atoms with van der Waals surface area (Å²) in [5.74, 6) is -2.50. The van der Waals surface area contributed by atoms with E-state index in [0.717, 1.165) is 0 Å². The van der Waals surface area contributed by atoms with E-state index in [-0.39, 0.29) is 49.1 Å². The Morgan fingerprint density at radius 3 is 2.18 bits per heavy atom. The molecular formula is C20H20N2O6. The normalized spacial score (nSPS) is 10.0. The van der Waals surface area contributed by atoms with Crippen molar-refractivity contribution in [2.45, 2.75) is 12.8 Å². The van der Waals surface area contributed by atoms with Gasteiger partial charge in [0.2, 0.25) is 5.91 Å². The molecule has 28 heavy (non-hydrogen) atoms. The van der Waals surface area contributed by atoms with Crippen molar-refractivity contribution < 1.29 is 29.0 Å². The minimum atomic E-state index is -1.20. The number of hydrogen-bond donors (Lipinski definition) is 3. The van der Waals surface area contributed by atoms with Crippen LogP contribution in [-0.2, 0) is 9.59 Å². The highest BCUT2D eigenvalue weighted by Crippen LogP contribution is 2.18. The standard InChI is InChI=1S/C20H20N2O6/c23-17(10-12-22-19(25)14-6-2-1-3-7-14)21-13-11-18(24)28-16-9-5-4-8-15(16)20(26)27/h1-9H,10-13H2,(H,21,23)(H,22,25)(H,26,27). The van der Waals surface area contributed by atoms with Gasteiger partial charge in [-0.05, 0) is 24.3 Å². The lowest BCUT2D eigenvalue weighted by atomic mass is 10.2. The molecule has 0 aliphatic rings. The molecule has 3 N–H and O–H groups in total. The first-order valence-electron chi connectivity index (χ1n) is 8.60. The van der Waals surface area contributed by atoms with Gasteiger partial charge in [-0.25, -0.2) is 4.79 Å². The predicted molar refractivity (Wildman–Crippen MR) is 100 cm³/mol. The van der Waals surface area contributed by atoms with Crippen LogP contribution in [0.2, 0.25) is 0 Å². The number of esters is 1. The predicted octanol–water partition coefficient (Wildman–Crippen LogP) is 1.62. The maximum Gasteiger partial charge on any atom is 0.339 e. The number of rotatable bonds is 9. The lowest BCUT2D eigenvalue weighted by molar-refractivity contribution is -0.134. The smallest absolute Gasteiger partial charge is 0.339 e. The summed E-state index contributed by atoms with van der Waals surface area (Å²) in [6.07, 6.45) is -0.0501. The highest BCUT2D eigenvalue weighted by molar-refractivity contribution is 5.94. The number of aromatic carboxylic acids is 1. The molecule has 0 heterocycles. The molecule has 2 aromatic carbocycles. The Bertz CT molecular complexity index is 851. The second-order valence-corrected chi connectivity index (χ2v) is 5.75. The zero-order valence-corrected chi connectivity index (χ0v) is 15.0. The van der Waals surface area contributed by atoms with Crippen LogP contribution in [-0.4, -0.2) is 41.9 Å². The molecule has 0 aliphatic heterocycles. The van der Waals surface area contributed by atoms with Gasteiger partial charge in [-0.2, -0.15) is 0 Å². The highest BCUT2D eigenvalue weighted by atomic mass is 16.5. The number of carboxylic acid groups (broad SMARTS) is 1.